The number of nitrogens with one attached hydrogen (secondary N) is 1. The van der Waals surface area contributed by atoms with Gasteiger partial charge in [-0.25, -0.2) is 9.07 Å². The summed E-state index contributed by atoms with van der Waals surface area (Å²) in [5.74, 6) is -0.171. The first-order valence-electron chi connectivity index (χ1n) is 9.13. The van der Waals surface area contributed by atoms with Gasteiger partial charge in [-0.15, -0.1) is 0 Å². The standard InChI is InChI=1S/C22H16Cl2FN3O2/c23-15-4-3-14(18(24)12-15)9-10-26-22(29)20-13-19(21-2-1-11-30-21)27-28(20)17-7-5-16(25)6-8-17/h1-8,11-13H,9-10H2,(H,26,29). The Hall–Kier alpha value is -3.09. The summed E-state index contributed by atoms with van der Waals surface area (Å²) in [6, 6.07) is 16.1. The van der Waals surface area contributed by atoms with Crippen molar-refractivity contribution >= 4 is 29.1 Å². The fourth-order valence-electron chi connectivity index (χ4n) is 2.99. The fourth-order valence-corrected chi connectivity index (χ4v) is 3.50. The molecule has 0 spiro atoms. The minimum atomic E-state index is -0.372. The van der Waals surface area contributed by atoms with Crippen LogP contribution in [0.4, 0.5) is 4.39 Å². The van der Waals surface area contributed by atoms with E-state index in [9.17, 15) is 9.18 Å². The van der Waals surface area contributed by atoms with Crippen LogP contribution in [0.15, 0.2) is 71.3 Å². The number of hydrogen-bond acceptors (Lipinski definition) is 3. The average Bonchev–Trinajstić information content (AvgIpc) is 3.40. The van der Waals surface area contributed by atoms with Crippen molar-refractivity contribution in [2.45, 2.75) is 6.42 Å². The molecule has 0 aliphatic heterocycles. The Labute approximate surface area is 182 Å². The maximum atomic E-state index is 13.3. The molecule has 5 nitrogen and oxygen atoms in total. The third kappa shape index (κ3) is 4.40. The second-order valence-electron chi connectivity index (χ2n) is 6.52. The lowest BCUT2D eigenvalue weighted by molar-refractivity contribution is 0.0946. The van der Waals surface area contributed by atoms with Gasteiger partial charge in [0.05, 0.1) is 12.0 Å². The zero-order valence-corrected chi connectivity index (χ0v) is 17.1. The highest BCUT2D eigenvalue weighted by atomic mass is 35.5. The van der Waals surface area contributed by atoms with E-state index in [0.29, 0.717) is 45.8 Å². The van der Waals surface area contributed by atoms with Gasteiger partial charge >= 0.3 is 0 Å². The predicted molar refractivity (Wildman–Crippen MR) is 114 cm³/mol. The van der Waals surface area contributed by atoms with Crippen molar-refractivity contribution in [2.75, 3.05) is 6.54 Å². The SMILES string of the molecule is O=C(NCCc1ccc(Cl)cc1Cl)c1cc(-c2ccco2)nn1-c1ccc(F)cc1. The molecule has 1 amide bonds. The lowest BCUT2D eigenvalue weighted by Crippen LogP contribution is -2.27. The highest BCUT2D eigenvalue weighted by Gasteiger charge is 2.19. The normalized spacial score (nSPS) is 10.9. The number of rotatable bonds is 6. The number of amides is 1. The maximum Gasteiger partial charge on any atom is 0.270 e. The van der Waals surface area contributed by atoms with Gasteiger partial charge < -0.3 is 9.73 Å². The van der Waals surface area contributed by atoms with Gasteiger partial charge in [0, 0.05) is 22.7 Å². The van der Waals surface area contributed by atoms with Crippen LogP contribution in [0.2, 0.25) is 10.0 Å². The molecule has 2 aromatic heterocycles. The molecule has 0 saturated heterocycles. The minimum absolute atomic E-state index is 0.301. The summed E-state index contributed by atoms with van der Waals surface area (Å²) in [5, 5.41) is 8.45. The van der Waals surface area contributed by atoms with Gasteiger partial charge in [0.15, 0.2) is 5.76 Å². The number of hydrogen-bond donors (Lipinski definition) is 1. The van der Waals surface area contributed by atoms with Crippen molar-refractivity contribution in [3.8, 4) is 17.1 Å². The molecule has 0 unspecified atom stereocenters. The Morgan fingerprint density at radius 2 is 1.90 bits per heavy atom. The molecule has 1 N–H and O–H groups in total. The fraction of sp³-hybridized carbons (Fsp3) is 0.0909. The highest BCUT2D eigenvalue weighted by Crippen LogP contribution is 2.23. The Bertz CT molecular complexity index is 1170. The zero-order chi connectivity index (χ0) is 21.1. The van der Waals surface area contributed by atoms with Gasteiger partial charge in [0.1, 0.15) is 17.2 Å². The molecule has 30 heavy (non-hydrogen) atoms. The van der Waals surface area contributed by atoms with Gasteiger partial charge in [-0.2, -0.15) is 5.10 Å². The van der Waals surface area contributed by atoms with Crippen LogP contribution in [0.1, 0.15) is 16.1 Å². The molecule has 0 aliphatic carbocycles. The van der Waals surface area contributed by atoms with Crippen LogP contribution in [0.25, 0.3) is 17.1 Å². The highest BCUT2D eigenvalue weighted by molar-refractivity contribution is 6.35. The molecule has 0 radical (unpaired) electrons. The van der Waals surface area contributed by atoms with Gasteiger partial charge in [-0.05, 0) is 60.5 Å². The Balaban J connectivity index is 1.56. The van der Waals surface area contributed by atoms with Crippen LogP contribution < -0.4 is 5.32 Å². The van der Waals surface area contributed by atoms with E-state index in [1.54, 1.807) is 42.5 Å². The second kappa shape index (κ2) is 8.73. The molecular weight excluding hydrogens is 428 g/mol. The van der Waals surface area contributed by atoms with E-state index in [-0.39, 0.29) is 11.7 Å². The summed E-state index contributed by atoms with van der Waals surface area (Å²) < 4.78 is 20.2. The van der Waals surface area contributed by atoms with Crippen molar-refractivity contribution in [3.05, 3.63) is 94.0 Å². The molecule has 152 valence electrons. The molecule has 2 aromatic carbocycles. The van der Waals surface area contributed by atoms with E-state index in [1.807, 2.05) is 6.07 Å². The molecule has 0 atom stereocenters. The predicted octanol–water partition coefficient (Wildman–Crippen LogP) is 5.55. The maximum absolute atomic E-state index is 13.3. The molecule has 0 bridgehead atoms. The molecule has 4 aromatic rings. The minimum Gasteiger partial charge on any atom is -0.463 e. The largest absolute Gasteiger partial charge is 0.463 e. The molecule has 8 heteroatoms. The van der Waals surface area contributed by atoms with Gasteiger partial charge in [0.25, 0.3) is 5.91 Å². The number of carbonyl (C=O) groups excluding carboxylic acids is 1. The first-order chi connectivity index (χ1) is 14.5. The monoisotopic (exact) mass is 443 g/mol. The average molecular weight is 444 g/mol. The van der Waals surface area contributed by atoms with E-state index < -0.39 is 0 Å². The lowest BCUT2D eigenvalue weighted by atomic mass is 10.1. The number of nitrogens with zero attached hydrogens (tertiary/aromatic N) is 2. The molecule has 0 aliphatic rings. The summed E-state index contributed by atoms with van der Waals surface area (Å²) in [7, 11) is 0. The molecule has 0 saturated carbocycles. The van der Waals surface area contributed by atoms with E-state index in [0.717, 1.165) is 5.56 Å². The summed E-state index contributed by atoms with van der Waals surface area (Å²) in [6.45, 7) is 0.366. The molecular formula is C22H16Cl2FN3O2. The van der Waals surface area contributed by atoms with Gasteiger partial charge in [0.2, 0.25) is 0 Å². The van der Waals surface area contributed by atoms with Crippen molar-refractivity contribution < 1.29 is 13.6 Å². The number of benzene rings is 2. The van der Waals surface area contributed by atoms with Crippen LogP contribution in [0, 0.1) is 5.82 Å². The Morgan fingerprint density at radius 3 is 2.60 bits per heavy atom. The quantitative estimate of drug-likeness (QED) is 0.424. The van der Waals surface area contributed by atoms with Gasteiger partial charge in [-0.1, -0.05) is 29.3 Å². The van der Waals surface area contributed by atoms with E-state index >= 15 is 0 Å². The third-order valence-corrected chi connectivity index (χ3v) is 5.07. The Morgan fingerprint density at radius 1 is 1.10 bits per heavy atom. The second-order valence-corrected chi connectivity index (χ2v) is 7.37. The summed E-state index contributed by atoms with van der Waals surface area (Å²) in [5.41, 5.74) is 2.23. The Kier molecular flexibility index (Phi) is 5.88. The summed E-state index contributed by atoms with van der Waals surface area (Å²) >= 11 is 12.1. The van der Waals surface area contributed by atoms with E-state index in [1.165, 1.54) is 23.1 Å². The molecule has 0 fully saturated rings. The molecule has 4 rings (SSSR count). The third-order valence-electron chi connectivity index (χ3n) is 4.48. The van der Waals surface area contributed by atoms with Gasteiger partial charge in [-0.3, -0.25) is 4.79 Å². The van der Waals surface area contributed by atoms with Crippen LogP contribution in [-0.2, 0) is 6.42 Å². The van der Waals surface area contributed by atoms with Crippen molar-refractivity contribution in [3.63, 3.8) is 0 Å². The summed E-state index contributed by atoms with van der Waals surface area (Å²) in [6.07, 6.45) is 2.07. The van der Waals surface area contributed by atoms with Crippen LogP contribution in [0.3, 0.4) is 0 Å². The van der Waals surface area contributed by atoms with Crippen molar-refractivity contribution in [2.24, 2.45) is 0 Å². The zero-order valence-electron chi connectivity index (χ0n) is 15.6. The lowest BCUT2D eigenvalue weighted by Gasteiger charge is -2.09. The smallest absolute Gasteiger partial charge is 0.270 e. The number of carbonyl (C=O) groups is 1. The van der Waals surface area contributed by atoms with E-state index in [4.69, 9.17) is 27.6 Å². The number of aromatic nitrogens is 2. The van der Waals surface area contributed by atoms with Crippen molar-refractivity contribution in [1.29, 1.82) is 0 Å². The van der Waals surface area contributed by atoms with Crippen LogP contribution in [0.5, 0.6) is 0 Å². The van der Waals surface area contributed by atoms with E-state index in [2.05, 4.69) is 10.4 Å². The first kappa shape index (κ1) is 20.2. The summed E-state index contributed by atoms with van der Waals surface area (Å²) in [4.78, 5) is 12.9. The topological polar surface area (TPSA) is 60.1 Å². The number of furan rings is 1. The molecule has 2 heterocycles. The van der Waals surface area contributed by atoms with Crippen LogP contribution >= 0.6 is 23.2 Å². The van der Waals surface area contributed by atoms with Crippen LogP contribution in [-0.4, -0.2) is 22.2 Å². The first-order valence-corrected chi connectivity index (χ1v) is 9.89. The number of halogens is 3. The van der Waals surface area contributed by atoms with Crippen molar-refractivity contribution in [1.82, 2.24) is 15.1 Å².